The van der Waals surface area contributed by atoms with Crippen molar-refractivity contribution in [1.29, 1.82) is 0 Å². The first kappa shape index (κ1) is 27.2. The molecule has 0 spiro atoms. The second-order valence-corrected chi connectivity index (χ2v) is 12.1. The third-order valence-corrected chi connectivity index (χ3v) is 9.42. The first-order valence-corrected chi connectivity index (χ1v) is 15.2. The van der Waals surface area contributed by atoms with Crippen molar-refractivity contribution >= 4 is 33.3 Å². The van der Waals surface area contributed by atoms with Gasteiger partial charge in [-0.15, -0.1) is 0 Å². The normalized spacial score (nSPS) is 18.1. The lowest BCUT2D eigenvalue weighted by Gasteiger charge is -2.31. The molecule has 3 aliphatic heterocycles. The number of fused-ring (bicyclic) bond motifs is 4. The second-order valence-electron chi connectivity index (χ2n) is 12.1. The monoisotopic (exact) mass is 597 g/mol. The quantitative estimate of drug-likeness (QED) is 0.274. The number of nitrogens with two attached hydrogens (primary N) is 1. The van der Waals surface area contributed by atoms with Crippen molar-refractivity contribution in [3.8, 4) is 17.3 Å². The average molecular weight is 598 g/mol. The van der Waals surface area contributed by atoms with E-state index in [1.807, 2.05) is 10.7 Å². The van der Waals surface area contributed by atoms with Crippen molar-refractivity contribution in [2.45, 2.75) is 44.3 Å². The van der Waals surface area contributed by atoms with Crippen LogP contribution in [0.25, 0.3) is 32.9 Å². The molecule has 0 aliphatic carbocycles. The van der Waals surface area contributed by atoms with E-state index in [-0.39, 0.29) is 22.8 Å². The molecule has 0 radical (unpaired) electrons. The summed E-state index contributed by atoms with van der Waals surface area (Å²) in [6.07, 6.45) is 5.97. The van der Waals surface area contributed by atoms with Gasteiger partial charge in [0.05, 0.1) is 29.8 Å². The van der Waals surface area contributed by atoms with Crippen LogP contribution in [-0.4, -0.2) is 73.0 Å². The Hall–Kier alpha value is -4.42. The summed E-state index contributed by atoms with van der Waals surface area (Å²) in [4.78, 5) is 18.5. The molecule has 3 aromatic heterocycles. The zero-order valence-corrected chi connectivity index (χ0v) is 24.3. The first-order valence-electron chi connectivity index (χ1n) is 15.2. The van der Waals surface area contributed by atoms with Crippen molar-refractivity contribution in [2.75, 3.05) is 44.0 Å². The predicted octanol–water partition coefficient (Wildman–Crippen LogP) is 4.79. The Balaban J connectivity index is 1.17. The maximum Gasteiger partial charge on any atom is 0.319 e. The van der Waals surface area contributed by atoms with Gasteiger partial charge in [0.2, 0.25) is 0 Å². The smallest absolute Gasteiger partial charge is 0.319 e. The van der Waals surface area contributed by atoms with Crippen LogP contribution in [0.3, 0.4) is 0 Å². The molecule has 8 rings (SSSR count). The average Bonchev–Trinajstić information content (AvgIpc) is 3.72. The molecule has 2 fully saturated rings. The van der Waals surface area contributed by atoms with Gasteiger partial charge in [-0.3, -0.25) is 19.5 Å². The summed E-state index contributed by atoms with van der Waals surface area (Å²) in [5.41, 5.74) is 7.38. The van der Waals surface area contributed by atoms with Gasteiger partial charge in [-0.25, -0.2) is 8.78 Å². The zero-order valence-electron chi connectivity index (χ0n) is 24.3. The Kier molecular flexibility index (Phi) is 6.56. The summed E-state index contributed by atoms with van der Waals surface area (Å²) in [5.74, 6) is -0.148. The maximum atomic E-state index is 16.5. The maximum absolute atomic E-state index is 16.5. The summed E-state index contributed by atoms with van der Waals surface area (Å²) in [5, 5.41) is 9.13. The molecule has 226 valence electrons. The van der Waals surface area contributed by atoms with Gasteiger partial charge in [0.25, 0.3) is 0 Å². The Morgan fingerprint density at radius 3 is 2.66 bits per heavy atom. The number of aromatic nitrogens is 5. The fourth-order valence-electron chi connectivity index (χ4n) is 7.24. The number of benzene rings is 2. The fraction of sp³-hybridized carbons (Fsp3) is 0.375. The summed E-state index contributed by atoms with van der Waals surface area (Å²) in [7, 11) is 0. The number of rotatable bonds is 7. The van der Waals surface area contributed by atoms with Crippen LogP contribution in [0, 0.1) is 11.6 Å². The first-order chi connectivity index (χ1) is 21.5. The molecular weight excluding hydrogens is 564 g/mol. The molecule has 3 N–H and O–H groups in total. The van der Waals surface area contributed by atoms with E-state index in [0.717, 1.165) is 51.0 Å². The number of anilines is 2. The van der Waals surface area contributed by atoms with Crippen molar-refractivity contribution < 1.29 is 13.5 Å². The molecule has 0 saturated carbocycles. The molecule has 5 aromatic rings. The van der Waals surface area contributed by atoms with E-state index in [1.165, 1.54) is 6.07 Å². The van der Waals surface area contributed by atoms with Crippen LogP contribution >= 0.6 is 0 Å². The minimum absolute atomic E-state index is 0.0209. The lowest BCUT2D eigenvalue weighted by Crippen LogP contribution is -2.43. The highest BCUT2D eigenvalue weighted by Crippen LogP contribution is 2.40. The zero-order chi connectivity index (χ0) is 29.8. The number of halogens is 2. The van der Waals surface area contributed by atoms with Crippen molar-refractivity contribution in [1.82, 2.24) is 34.5 Å². The largest absolute Gasteiger partial charge is 0.461 e. The van der Waals surface area contributed by atoms with E-state index < -0.39 is 11.6 Å². The molecule has 0 unspecified atom stereocenters. The van der Waals surface area contributed by atoms with Gasteiger partial charge in [0.1, 0.15) is 35.3 Å². The SMILES string of the molecule is Nc1cc2n(n1)CCN(CNc1nc(OCC34CCCN3CCC4)nc3c(F)c(-c4cccc5cccc(F)c45)ncc13)C2. The number of nitrogen functional groups attached to an aromatic ring is 1. The highest BCUT2D eigenvalue weighted by atomic mass is 19.1. The third kappa shape index (κ3) is 4.60. The van der Waals surface area contributed by atoms with Crippen LogP contribution in [0.2, 0.25) is 0 Å². The molecule has 6 heterocycles. The van der Waals surface area contributed by atoms with Crippen molar-refractivity contribution in [3.63, 3.8) is 0 Å². The van der Waals surface area contributed by atoms with Crippen molar-refractivity contribution in [2.24, 2.45) is 0 Å². The Morgan fingerprint density at radius 1 is 1.00 bits per heavy atom. The molecular formula is C32H33F2N9O. The second kappa shape index (κ2) is 10.6. The minimum atomic E-state index is -0.646. The summed E-state index contributed by atoms with van der Waals surface area (Å²) in [6, 6.07) is 12.1. The van der Waals surface area contributed by atoms with Gasteiger partial charge < -0.3 is 15.8 Å². The van der Waals surface area contributed by atoms with Gasteiger partial charge in [-0.05, 0) is 50.2 Å². The number of nitrogens with zero attached hydrogens (tertiary/aromatic N) is 7. The van der Waals surface area contributed by atoms with Crippen molar-refractivity contribution in [3.05, 3.63) is 66.0 Å². The molecule has 0 atom stereocenters. The van der Waals surface area contributed by atoms with Crippen LogP contribution in [0.15, 0.2) is 48.7 Å². The standard InChI is InChI=1S/C32H33F2N9O/c33-24-8-2-6-20-5-1-7-22(26(20)24)28-27(34)29-23(16-36-28)30(37-19-41-13-14-43-21(17-41)15-25(35)40-43)39-31(38-29)44-18-32-9-3-11-42(32)12-4-10-32/h1-2,5-8,15-16H,3-4,9-14,17-19H2,(H2,35,40)(H,37,38,39). The number of hydrogen-bond donors (Lipinski definition) is 2. The van der Waals surface area contributed by atoms with Crippen LogP contribution < -0.4 is 15.8 Å². The minimum Gasteiger partial charge on any atom is -0.461 e. The lowest BCUT2D eigenvalue weighted by atomic mass is 9.95. The molecule has 2 aromatic carbocycles. The van der Waals surface area contributed by atoms with E-state index in [9.17, 15) is 0 Å². The number of nitrogens with one attached hydrogen (secondary N) is 1. The molecule has 10 nitrogen and oxygen atoms in total. The molecule has 0 bridgehead atoms. The van der Waals surface area contributed by atoms with E-state index in [0.29, 0.717) is 59.7 Å². The van der Waals surface area contributed by atoms with E-state index in [4.69, 9.17) is 15.5 Å². The topological polar surface area (TPSA) is 110 Å². The number of hydrogen-bond acceptors (Lipinski definition) is 9. The summed E-state index contributed by atoms with van der Waals surface area (Å²) in [6.45, 7) is 5.17. The van der Waals surface area contributed by atoms with E-state index >= 15 is 8.78 Å². The lowest BCUT2D eigenvalue weighted by molar-refractivity contribution is 0.108. The predicted molar refractivity (Wildman–Crippen MR) is 164 cm³/mol. The van der Waals surface area contributed by atoms with E-state index in [1.54, 1.807) is 36.5 Å². The van der Waals surface area contributed by atoms with Gasteiger partial charge >= 0.3 is 6.01 Å². The molecule has 3 aliphatic rings. The van der Waals surface area contributed by atoms with Crippen LogP contribution in [0.1, 0.15) is 31.4 Å². The molecule has 12 heteroatoms. The Bertz CT molecular complexity index is 1880. The van der Waals surface area contributed by atoms with Gasteiger partial charge in [-0.2, -0.15) is 15.1 Å². The molecule has 2 saturated heterocycles. The van der Waals surface area contributed by atoms with Crippen LogP contribution in [0.4, 0.5) is 20.4 Å². The number of ether oxygens (including phenoxy) is 1. The van der Waals surface area contributed by atoms with Gasteiger partial charge in [0, 0.05) is 36.3 Å². The molecule has 0 amide bonds. The Morgan fingerprint density at radius 2 is 1.82 bits per heavy atom. The van der Waals surface area contributed by atoms with Crippen LogP contribution in [0.5, 0.6) is 6.01 Å². The van der Waals surface area contributed by atoms with E-state index in [2.05, 4.69) is 30.2 Å². The highest BCUT2D eigenvalue weighted by Gasteiger charge is 2.45. The van der Waals surface area contributed by atoms with Gasteiger partial charge in [-0.1, -0.05) is 30.3 Å². The number of pyridine rings is 1. The fourth-order valence-corrected chi connectivity index (χ4v) is 7.24. The molecule has 44 heavy (non-hydrogen) atoms. The van der Waals surface area contributed by atoms with Crippen LogP contribution in [-0.2, 0) is 13.1 Å². The summed E-state index contributed by atoms with van der Waals surface area (Å²) >= 11 is 0. The Labute approximate surface area is 252 Å². The third-order valence-electron chi connectivity index (χ3n) is 9.42. The summed E-state index contributed by atoms with van der Waals surface area (Å²) < 4.78 is 39.7. The van der Waals surface area contributed by atoms with Gasteiger partial charge in [0.15, 0.2) is 5.82 Å². The highest BCUT2D eigenvalue weighted by molar-refractivity contribution is 5.99.